The number of anilines is 1. The number of hydrogen-bond acceptors (Lipinski definition) is 4. The van der Waals surface area contributed by atoms with Crippen molar-refractivity contribution >= 4 is 16.5 Å². The molecular formula is C13H22N2OS. The Bertz CT molecular complexity index is 339. The summed E-state index contributed by atoms with van der Waals surface area (Å²) in [5.41, 5.74) is 1.07. The predicted octanol–water partition coefficient (Wildman–Crippen LogP) is 2.82. The molecule has 0 spiro atoms. The maximum Gasteiger partial charge on any atom is 0.185 e. The first-order valence-corrected chi connectivity index (χ1v) is 7.44. The summed E-state index contributed by atoms with van der Waals surface area (Å²) in [6.07, 6.45) is 5.04. The van der Waals surface area contributed by atoms with Gasteiger partial charge in [0.2, 0.25) is 0 Å². The van der Waals surface area contributed by atoms with Gasteiger partial charge in [-0.3, -0.25) is 0 Å². The zero-order chi connectivity index (χ0) is 12.3. The molecule has 0 saturated heterocycles. The summed E-state index contributed by atoms with van der Waals surface area (Å²) in [6.45, 7) is 6.56. The number of nitrogens with zero attached hydrogens (tertiary/aromatic N) is 2. The normalized spacial score (nSPS) is 15.9. The van der Waals surface area contributed by atoms with Gasteiger partial charge in [0, 0.05) is 13.1 Å². The van der Waals surface area contributed by atoms with E-state index in [2.05, 4.69) is 23.7 Å². The fourth-order valence-electron chi connectivity index (χ4n) is 2.23. The van der Waals surface area contributed by atoms with Crippen molar-refractivity contribution in [3.8, 4) is 0 Å². The van der Waals surface area contributed by atoms with E-state index in [1.54, 1.807) is 11.3 Å². The van der Waals surface area contributed by atoms with Gasteiger partial charge in [0.15, 0.2) is 5.13 Å². The third-order valence-corrected chi connectivity index (χ3v) is 4.74. The van der Waals surface area contributed by atoms with Crippen LogP contribution in [-0.2, 0) is 13.0 Å². The van der Waals surface area contributed by atoms with Gasteiger partial charge >= 0.3 is 0 Å². The van der Waals surface area contributed by atoms with E-state index < -0.39 is 0 Å². The van der Waals surface area contributed by atoms with Gasteiger partial charge in [0.05, 0.1) is 17.2 Å². The largest absolute Gasteiger partial charge is 0.391 e. The first kappa shape index (κ1) is 12.8. The van der Waals surface area contributed by atoms with E-state index in [1.165, 1.54) is 19.3 Å². The van der Waals surface area contributed by atoms with Crippen LogP contribution in [0.15, 0.2) is 0 Å². The lowest BCUT2D eigenvalue weighted by Crippen LogP contribution is -2.32. The van der Waals surface area contributed by atoms with E-state index in [0.29, 0.717) is 0 Å². The lowest BCUT2D eigenvalue weighted by molar-refractivity contribution is 0.284. The summed E-state index contributed by atoms with van der Waals surface area (Å²) in [6, 6.07) is 0. The highest BCUT2D eigenvalue weighted by Gasteiger charge is 2.22. The summed E-state index contributed by atoms with van der Waals surface area (Å²) < 4.78 is 0. The maximum atomic E-state index is 9.31. The molecule has 17 heavy (non-hydrogen) atoms. The second kappa shape index (κ2) is 5.83. The lowest BCUT2D eigenvalue weighted by atomic mass is 9.85. The summed E-state index contributed by atoms with van der Waals surface area (Å²) in [5.74, 6) is 0.863. The minimum Gasteiger partial charge on any atom is -0.391 e. The van der Waals surface area contributed by atoms with Crippen molar-refractivity contribution in [1.29, 1.82) is 0 Å². The molecule has 0 radical (unpaired) electrons. The van der Waals surface area contributed by atoms with Crippen LogP contribution in [0.25, 0.3) is 0 Å². The zero-order valence-electron chi connectivity index (χ0n) is 10.8. The Balaban J connectivity index is 2.09. The van der Waals surface area contributed by atoms with Crippen molar-refractivity contribution in [3.63, 3.8) is 0 Å². The van der Waals surface area contributed by atoms with Gasteiger partial charge in [0.1, 0.15) is 0 Å². The average molecular weight is 254 g/mol. The molecule has 1 aromatic heterocycles. The second-order valence-electron chi connectivity index (χ2n) is 4.71. The van der Waals surface area contributed by atoms with Gasteiger partial charge in [0.25, 0.3) is 0 Å². The molecule has 1 aliphatic carbocycles. The highest BCUT2D eigenvalue weighted by atomic mass is 32.1. The topological polar surface area (TPSA) is 36.4 Å². The molecule has 1 fully saturated rings. The Morgan fingerprint density at radius 3 is 2.59 bits per heavy atom. The van der Waals surface area contributed by atoms with Gasteiger partial charge in [-0.25, -0.2) is 4.98 Å². The summed E-state index contributed by atoms with van der Waals surface area (Å²) in [4.78, 5) is 8.07. The van der Waals surface area contributed by atoms with E-state index in [0.717, 1.165) is 41.1 Å². The number of hydrogen-bond donors (Lipinski definition) is 1. The fourth-order valence-corrected chi connectivity index (χ4v) is 3.32. The van der Waals surface area contributed by atoms with Crippen molar-refractivity contribution in [3.05, 3.63) is 10.6 Å². The van der Waals surface area contributed by atoms with E-state index in [1.807, 2.05) is 0 Å². The van der Waals surface area contributed by atoms with Crippen molar-refractivity contribution in [1.82, 2.24) is 4.98 Å². The number of thiazole rings is 1. The number of aryl methyl sites for hydroxylation is 1. The van der Waals surface area contributed by atoms with E-state index >= 15 is 0 Å². The molecule has 0 unspecified atom stereocenters. The minimum absolute atomic E-state index is 0.127. The maximum absolute atomic E-state index is 9.31. The third kappa shape index (κ3) is 2.80. The molecule has 3 nitrogen and oxygen atoms in total. The molecule has 0 aliphatic heterocycles. The molecule has 0 aromatic carbocycles. The van der Waals surface area contributed by atoms with Crippen LogP contribution in [0.3, 0.4) is 0 Å². The highest BCUT2D eigenvalue weighted by Crippen LogP contribution is 2.31. The Labute approximate surface area is 107 Å². The average Bonchev–Trinajstić information content (AvgIpc) is 2.71. The third-order valence-electron chi connectivity index (χ3n) is 3.60. The van der Waals surface area contributed by atoms with Crippen LogP contribution in [0.5, 0.6) is 0 Å². The van der Waals surface area contributed by atoms with Gasteiger partial charge in [-0.1, -0.05) is 24.7 Å². The molecule has 0 atom stereocenters. The van der Waals surface area contributed by atoms with Crippen LogP contribution < -0.4 is 4.90 Å². The minimum atomic E-state index is 0.127. The predicted molar refractivity (Wildman–Crippen MR) is 72.6 cm³/mol. The molecule has 1 aromatic rings. The van der Waals surface area contributed by atoms with E-state index in [4.69, 9.17) is 0 Å². The molecule has 1 aliphatic rings. The van der Waals surface area contributed by atoms with Crippen molar-refractivity contribution < 1.29 is 5.11 Å². The molecule has 4 heteroatoms. The molecule has 96 valence electrons. The van der Waals surface area contributed by atoms with Gasteiger partial charge in [-0.15, -0.1) is 0 Å². The quantitative estimate of drug-likeness (QED) is 0.848. The molecule has 2 rings (SSSR count). The second-order valence-corrected chi connectivity index (χ2v) is 5.78. The number of rotatable bonds is 6. The van der Waals surface area contributed by atoms with Gasteiger partial charge in [-0.05, 0) is 32.1 Å². The monoisotopic (exact) mass is 254 g/mol. The Morgan fingerprint density at radius 1 is 1.41 bits per heavy atom. The number of aliphatic hydroxyl groups excluding tert-OH is 1. The lowest BCUT2D eigenvalue weighted by Gasteiger charge is -2.31. The summed E-state index contributed by atoms with van der Waals surface area (Å²) in [5, 5.41) is 10.4. The first-order valence-electron chi connectivity index (χ1n) is 6.62. The first-order chi connectivity index (χ1) is 8.28. The molecule has 1 heterocycles. The highest BCUT2D eigenvalue weighted by molar-refractivity contribution is 7.15. The van der Waals surface area contributed by atoms with Crippen LogP contribution in [0.1, 0.15) is 43.7 Å². The molecular weight excluding hydrogens is 232 g/mol. The van der Waals surface area contributed by atoms with Crippen molar-refractivity contribution in [2.75, 3.05) is 18.0 Å². The van der Waals surface area contributed by atoms with Crippen molar-refractivity contribution in [2.24, 2.45) is 5.92 Å². The fraction of sp³-hybridized carbons (Fsp3) is 0.769. The van der Waals surface area contributed by atoms with Gasteiger partial charge < -0.3 is 10.0 Å². The molecule has 0 bridgehead atoms. The Morgan fingerprint density at radius 2 is 2.18 bits per heavy atom. The van der Waals surface area contributed by atoms with Crippen LogP contribution in [0.4, 0.5) is 5.13 Å². The molecule has 1 N–H and O–H groups in total. The molecule has 0 amide bonds. The van der Waals surface area contributed by atoms with Crippen LogP contribution in [-0.4, -0.2) is 23.2 Å². The van der Waals surface area contributed by atoms with Crippen LogP contribution in [0, 0.1) is 5.92 Å². The van der Waals surface area contributed by atoms with Gasteiger partial charge in [-0.2, -0.15) is 0 Å². The van der Waals surface area contributed by atoms with Crippen LogP contribution >= 0.6 is 11.3 Å². The Kier molecular flexibility index (Phi) is 4.40. The molecule has 1 saturated carbocycles. The van der Waals surface area contributed by atoms with E-state index in [9.17, 15) is 5.11 Å². The Hall–Kier alpha value is -0.610. The summed E-state index contributed by atoms with van der Waals surface area (Å²) >= 11 is 1.66. The number of aromatic nitrogens is 1. The SMILES string of the molecule is CCc1nc(N(CC)CC2CCC2)sc1CO. The standard InChI is InChI=1S/C13H22N2OS/c1-3-11-12(9-16)17-13(14-11)15(4-2)8-10-6-5-7-10/h10,16H,3-9H2,1-2H3. The van der Waals surface area contributed by atoms with E-state index in [-0.39, 0.29) is 6.61 Å². The van der Waals surface area contributed by atoms with Crippen LogP contribution in [0.2, 0.25) is 0 Å². The number of aliphatic hydroxyl groups is 1. The van der Waals surface area contributed by atoms with Crippen molar-refractivity contribution in [2.45, 2.75) is 46.1 Å². The summed E-state index contributed by atoms with van der Waals surface area (Å²) in [7, 11) is 0. The zero-order valence-corrected chi connectivity index (χ0v) is 11.6. The smallest absolute Gasteiger partial charge is 0.185 e.